The minimum atomic E-state index is -0.103. The zero-order valence-corrected chi connectivity index (χ0v) is 10.5. The van der Waals surface area contributed by atoms with Crippen LogP contribution in [0.2, 0.25) is 0 Å². The number of aromatic nitrogens is 1. The van der Waals surface area contributed by atoms with Gasteiger partial charge in [0.25, 0.3) is 0 Å². The summed E-state index contributed by atoms with van der Waals surface area (Å²) in [7, 11) is 0. The Kier molecular flexibility index (Phi) is 3.73. The molecule has 1 aliphatic heterocycles. The smallest absolute Gasteiger partial charge is 0.225 e. The summed E-state index contributed by atoms with van der Waals surface area (Å²) in [4.78, 5) is 28.1. The number of amides is 2. The number of nitrogens with one attached hydrogen (secondary N) is 2. The lowest BCUT2D eigenvalue weighted by atomic mass is 9.98. The van der Waals surface area contributed by atoms with Crippen LogP contribution in [0.5, 0.6) is 0 Å². The monoisotopic (exact) mass is 253 g/mol. The molecule has 92 valence electrons. The van der Waals surface area contributed by atoms with Crippen molar-refractivity contribution in [3.05, 3.63) is 16.1 Å². The quantitative estimate of drug-likeness (QED) is 0.828. The summed E-state index contributed by atoms with van der Waals surface area (Å²) in [6.45, 7) is 2.91. The number of aryl methyl sites for hydroxylation is 1. The second-order valence-electron chi connectivity index (χ2n) is 4.12. The number of nitrogens with zero attached hydrogens (tertiary/aromatic N) is 1. The predicted molar refractivity (Wildman–Crippen MR) is 64.4 cm³/mol. The first-order valence-electron chi connectivity index (χ1n) is 5.61. The number of hydrogen-bond donors (Lipinski definition) is 2. The Hall–Kier alpha value is -1.43. The number of carbonyl (C=O) groups is 2. The van der Waals surface area contributed by atoms with E-state index in [1.807, 2.05) is 6.92 Å². The van der Waals surface area contributed by atoms with Gasteiger partial charge in [0.1, 0.15) is 5.01 Å². The standard InChI is InChI=1S/C11H15N3O2S/c1-7-4-13-10(17-7)6-14-11(16)8-2-3-9(15)12-5-8/h4,8H,2-3,5-6H2,1H3,(H,12,15)(H,14,16). The third kappa shape index (κ3) is 3.26. The number of rotatable bonds is 3. The van der Waals surface area contributed by atoms with E-state index in [0.717, 1.165) is 9.88 Å². The first-order valence-corrected chi connectivity index (χ1v) is 6.42. The molecule has 2 heterocycles. The fraction of sp³-hybridized carbons (Fsp3) is 0.545. The van der Waals surface area contributed by atoms with Gasteiger partial charge in [-0.3, -0.25) is 9.59 Å². The molecule has 0 bridgehead atoms. The molecule has 0 aliphatic carbocycles. The summed E-state index contributed by atoms with van der Waals surface area (Å²) in [6.07, 6.45) is 2.87. The number of thiazole rings is 1. The molecule has 2 amide bonds. The second kappa shape index (κ2) is 5.27. The van der Waals surface area contributed by atoms with Crippen molar-refractivity contribution in [2.75, 3.05) is 6.54 Å². The van der Waals surface area contributed by atoms with Gasteiger partial charge >= 0.3 is 0 Å². The normalized spacial score (nSPS) is 19.8. The van der Waals surface area contributed by atoms with Crippen LogP contribution in [0.4, 0.5) is 0 Å². The molecule has 1 aromatic heterocycles. The Morgan fingerprint density at radius 1 is 1.71 bits per heavy atom. The summed E-state index contributed by atoms with van der Waals surface area (Å²) >= 11 is 1.58. The molecule has 1 aliphatic rings. The van der Waals surface area contributed by atoms with Crippen LogP contribution < -0.4 is 10.6 Å². The molecule has 1 saturated heterocycles. The van der Waals surface area contributed by atoms with Gasteiger partial charge in [0.05, 0.1) is 12.5 Å². The van der Waals surface area contributed by atoms with Crippen LogP contribution in [0, 0.1) is 12.8 Å². The number of hydrogen-bond acceptors (Lipinski definition) is 4. The third-order valence-corrected chi connectivity index (χ3v) is 3.63. The Morgan fingerprint density at radius 2 is 2.53 bits per heavy atom. The van der Waals surface area contributed by atoms with Gasteiger partial charge in [-0.1, -0.05) is 0 Å². The van der Waals surface area contributed by atoms with E-state index >= 15 is 0 Å². The van der Waals surface area contributed by atoms with Crippen LogP contribution in [0.25, 0.3) is 0 Å². The average Bonchev–Trinajstić information content (AvgIpc) is 2.73. The van der Waals surface area contributed by atoms with Crippen LogP contribution in [0.1, 0.15) is 22.7 Å². The van der Waals surface area contributed by atoms with Crippen LogP contribution in [0.15, 0.2) is 6.20 Å². The minimum absolute atomic E-state index is 0.00199. The third-order valence-electron chi connectivity index (χ3n) is 2.72. The van der Waals surface area contributed by atoms with Crippen molar-refractivity contribution >= 4 is 23.2 Å². The molecule has 1 atom stereocenters. The van der Waals surface area contributed by atoms with Crippen molar-refractivity contribution in [1.29, 1.82) is 0 Å². The maximum Gasteiger partial charge on any atom is 0.225 e. The Morgan fingerprint density at radius 3 is 3.12 bits per heavy atom. The average molecular weight is 253 g/mol. The lowest BCUT2D eigenvalue weighted by Crippen LogP contribution is -2.42. The van der Waals surface area contributed by atoms with Crippen LogP contribution in [-0.2, 0) is 16.1 Å². The van der Waals surface area contributed by atoms with E-state index in [9.17, 15) is 9.59 Å². The Bertz CT molecular complexity index is 420. The van der Waals surface area contributed by atoms with E-state index in [1.54, 1.807) is 17.5 Å². The molecule has 0 spiro atoms. The molecule has 17 heavy (non-hydrogen) atoms. The molecule has 0 aromatic carbocycles. The molecule has 1 aromatic rings. The molecule has 5 nitrogen and oxygen atoms in total. The van der Waals surface area contributed by atoms with E-state index < -0.39 is 0 Å². The zero-order chi connectivity index (χ0) is 12.3. The van der Waals surface area contributed by atoms with Gasteiger partial charge in [-0.25, -0.2) is 4.98 Å². The molecule has 2 rings (SSSR count). The highest BCUT2D eigenvalue weighted by Gasteiger charge is 2.24. The van der Waals surface area contributed by atoms with E-state index in [0.29, 0.717) is 25.9 Å². The first kappa shape index (κ1) is 12.0. The number of piperidine rings is 1. The first-order chi connectivity index (χ1) is 8.15. The van der Waals surface area contributed by atoms with E-state index in [-0.39, 0.29) is 17.7 Å². The lowest BCUT2D eigenvalue weighted by Gasteiger charge is -2.21. The van der Waals surface area contributed by atoms with Gasteiger partial charge in [0.15, 0.2) is 0 Å². The second-order valence-corrected chi connectivity index (χ2v) is 5.44. The molecular formula is C11H15N3O2S. The topological polar surface area (TPSA) is 71.1 Å². The molecule has 0 saturated carbocycles. The fourth-order valence-electron chi connectivity index (χ4n) is 1.75. The van der Waals surface area contributed by atoms with Crippen LogP contribution >= 0.6 is 11.3 Å². The summed E-state index contributed by atoms with van der Waals surface area (Å²) in [6, 6.07) is 0. The molecule has 1 fully saturated rings. The van der Waals surface area contributed by atoms with E-state index in [4.69, 9.17) is 0 Å². The van der Waals surface area contributed by atoms with Gasteiger partial charge in [-0.15, -0.1) is 11.3 Å². The lowest BCUT2D eigenvalue weighted by molar-refractivity contribution is -0.129. The minimum Gasteiger partial charge on any atom is -0.355 e. The summed E-state index contributed by atoms with van der Waals surface area (Å²) in [5.41, 5.74) is 0. The van der Waals surface area contributed by atoms with Crippen molar-refractivity contribution in [3.8, 4) is 0 Å². The van der Waals surface area contributed by atoms with Gasteiger partial charge in [-0.2, -0.15) is 0 Å². The number of carbonyl (C=O) groups excluding carboxylic acids is 2. The highest BCUT2D eigenvalue weighted by atomic mass is 32.1. The Labute approximate surface area is 104 Å². The maximum atomic E-state index is 11.8. The van der Waals surface area contributed by atoms with Gasteiger partial charge in [0.2, 0.25) is 11.8 Å². The van der Waals surface area contributed by atoms with E-state index in [2.05, 4.69) is 15.6 Å². The van der Waals surface area contributed by atoms with Crippen LogP contribution in [0.3, 0.4) is 0 Å². The molecular weight excluding hydrogens is 238 g/mol. The highest BCUT2D eigenvalue weighted by molar-refractivity contribution is 7.11. The van der Waals surface area contributed by atoms with Crippen LogP contribution in [-0.4, -0.2) is 23.3 Å². The molecule has 1 unspecified atom stereocenters. The van der Waals surface area contributed by atoms with E-state index in [1.165, 1.54) is 0 Å². The summed E-state index contributed by atoms with van der Waals surface area (Å²) in [5, 5.41) is 6.47. The van der Waals surface area contributed by atoms with Crippen molar-refractivity contribution < 1.29 is 9.59 Å². The zero-order valence-electron chi connectivity index (χ0n) is 9.66. The van der Waals surface area contributed by atoms with Gasteiger partial charge in [-0.05, 0) is 13.3 Å². The summed E-state index contributed by atoms with van der Waals surface area (Å²) in [5.74, 6) is -0.0730. The summed E-state index contributed by atoms with van der Waals surface area (Å²) < 4.78 is 0. The van der Waals surface area contributed by atoms with Gasteiger partial charge in [0, 0.05) is 24.0 Å². The van der Waals surface area contributed by atoms with Crippen molar-refractivity contribution in [2.45, 2.75) is 26.3 Å². The largest absolute Gasteiger partial charge is 0.355 e. The molecule has 2 N–H and O–H groups in total. The van der Waals surface area contributed by atoms with Crippen molar-refractivity contribution in [1.82, 2.24) is 15.6 Å². The fourth-order valence-corrected chi connectivity index (χ4v) is 2.47. The Balaban J connectivity index is 1.79. The maximum absolute atomic E-state index is 11.8. The highest BCUT2D eigenvalue weighted by Crippen LogP contribution is 2.13. The SMILES string of the molecule is Cc1cnc(CNC(=O)C2CCC(=O)NC2)s1. The molecule has 6 heteroatoms. The predicted octanol–water partition coefficient (Wildman–Crippen LogP) is 0.594. The van der Waals surface area contributed by atoms with Crippen molar-refractivity contribution in [2.24, 2.45) is 5.92 Å². The van der Waals surface area contributed by atoms with Gasteiger partial charge < -0.3 is 10.6 Å². The van der Waals surface area contributed by atoms with Crippen molar-refractivity contribution in [3.63, 3.8) is 0 Å². The molecule has 0 radical (unpaired) electrons.